The van der Waals surface area contributed by atoms with Crippen molar-refractivity contribution in [1.29, 1.82) is 0 Å². The maximum atomic E-state index is 12.9. The molecule has 1 aliphatic rings. The average Bonchev–Trinajstić information content (AvgIpc) is 3.24. The molecule has 10 nitrogen and oxygen atoms in total. The second kappa shape index (κ2) is 9.13. The average molecular weight is 459 g/mol. The molecule has 1 aromatic carbocycles. The molecule has 0 aliphatic carbocycles. The standard InChI is InChI=1S/C21H26N6O4S/c1-3-31-17-7-9-18(10-8-17)32(29,30)26-14-12-25(13-15-26)21(28)22-16(2)20-24-23-19-6-4-5-11-27(19)20/h4-11,16H,3,12-15H2,1-2H3,(H,22,28)/t16-/m0/s1. The van der Waals surface area contributed by atoms with E-state index in [0.29, 0.717) is 36.9 Å². The van der Waals surface area contributed by atoms with Gasteiger partial charge in [0.25, 0.3) is 0 Å². The zero-order valence-corrected chi connectivity index (χ0v) is 18.8. The van der Waals surface area contributed by atoms with E-state index in [0.717, 1.165) is 0 Å². The Balaban J connectivity index is 1.36. The highest BCUT2D eigenvalue weighted by Gasteiger charge is 2.31. The number of urea groups is 1. The van der Waals surface area contributed by atoms with Crippen molar-refractivity contribution >= 4 is 21.7 Å². The number of benzene rings is 1. The summed E-state index contributed by atoms with van der Waals surface area (Å²) < 4.78 is 34.5. The molecule has 170 valence electrons. The van der Waals surface area contributed by atoms with Crippen molar-refractivity contribution in [2.45, 2.75) is 24.8 Å². The van der Waals surface area contributed by atoms with E-state index in [2.05, 4.69) is 15.5 Å². The van der Waals surface area contributed by atoms with Crippen molar-refractivity contribution in [3.8, 4) is 5.75 Å². The number of hydrogen-bond acceptors (Lipinski definition) is 6. The number of hydrogen-bond donors (Lipinski definition) is 1. The van der Waals surface area contributed by atoms with Gasteiger partial charge >= 0.3 is 6.03 Å². The smallest absolute Gasteiger partial charge is 0.318 e. The van der Waals surface area contributed by atoms with E-state index < -0.39 is 10.0 Å². The van der Waals surface area contributed by atoms with Gasteiger partial charge in [-0.15, -0.1) is 10.2 Å². The highest BCUT2D eigenvalue weighted by Crippen LogP contribution is 2.21. The number of nitrogens with zero attached hydrogens (tertiary/aromatic N) is 5. The number of carbonyl (C=O) groups excluding carboxylic acids is 1. The Morgan fingerprint density at radius 3 is 2.50 bits per heavy atom. The van der Waals surface area contributed by atoms with Gasteiger partial charge < -0.3 is 15.0 Å². The third-order valence-corrected chi connectivity index (χ3v) is 7.28. The molecule has 1 atom stereocenters. The summed E-state index contributed by atoms with van der Waals surface area (Å²) in [5.41, 5.74) is 0.705. The summed E-state index contributed by atoms with van der Waals surface area (Å²) in [6.07, 6.45) is 1.85. The third kappa shape index (κ3) is 4.39. The fraction of sp³-hybridized carbons (Fsp3) is 0.381. The van der Waals surface area contributed by atoms with E-state index in [4.69, 9.17) is 4.74 Å². The van der Waals surface area contributed by atoms with Gasteiger partial charge in [0.1, 0.15) is 5.75 Å². The second-order valence-corrected chi connectivity index (χ2v) is 9.39. The Morgan fingerprint density at radius 1 is 1.09 bits per heavy atom. The van der Waals surface area contributed by atoms with E-state index in [1.54, 1.807) is 29.2 Å². The van der Waals surface area contributed by atoms with Gasteiger partial charge in [0.05, 0.1) is 17.5 Å². The number of fused-ring (bicyclic) bond motifs is 1. The maximum absolute atomic E-state index is 12.9. The number of ether oxygens (including phenoxy) is 1. The van der Waals surface area contributed by atoms with Crippen molar-refractivity contribution < 1.29 is 17.9 Å². The molecule has 2 aromatic heterocycles. The lowest BCUT2D eigenvalue weighted by Crippen LogP contribution is -2.53. The fourth-order valence-electron chi connectivity index (χ4n) is 3.65. The molecule has 0 unspecified atom stereocenters. The van der Waals surface area contributed by atoms with Crippen LogP contribution in [0.5, 0.6) is 5.75 Å². The van der Waals surface area contributed by atoms with Crippen LogP contribution >= 0.6 is 0 Å². The maximum Gasteiger partial charge on any atom is 0.318 e. The summed E-state index contributed by atoms with van der Waals surface area (Å²) >= 11 is 0. The minimum atomic E-state index is -3.63. The Morgan fingerprint density at radius 2 is 1.81 bits per heavy atom. The molecule has 1 saturated heterocycles. The fourth-order valence-corrected chi connectivity index (χ4v) is 5.07. The number of rotatable bonds is 6. The van der Waals surface area contributed by atoms with E-state index in [1.165, 1.54) is 4.31 Å². The van der Waals surface area contributed by atoms with Crippen LogP contribution in [0.15, 0.2) is 53.6 Å². The van der Waals surface area contributed by atoms with Crippen LogP contribution in [-0.2, 0) is 10.0 Å². The highest BCUT2D eigenvalue weighted by molar-refractivity contribution is 7.89. The summed E-state index contributed by atoms with van der Waals surface area (Å²) in [6, 6.07) is 11.4. The predicted molar refractivity (Wildman–Crippen MR) is 118 cm³/mol. The lowest BCUT2D eigenvalue weighted by atomic mass is 10.3. The van der Waals surface area contributed by atoms with Crippen LogP contribution in [0.25, 0.3) is 5.65 Å². The van der Waals surface area contributed by atoms with E-state index in [-0.39, 0.29) is 30.1 Å². The molecule has 0 bridgehead atoms. The molecule has 2 amide bonds. The van der Waals surface area contributed by atoms with Gasteiger partial charge in [-0.2, -0.15) is 4.31 Å². The lowest BCUT2D eigenvalue weighted by Gasteiger charge is -2.34. The molecule has 3 heterocycles. The van der Waals surface area contributed by atoms with E-state index >= 15 is 0 Å². The second-order valence-electron chi connectivity index (χ2n) is 7.45. The molecule has 1 fully saturated rings. The number of pyridine rings is 1. The van der Waals surface area contributed by atoms with Gasteiger partial charge in [-0.25, -0.2) is 13.2 Å². The quantitative estimate of drug-likeness (QED) is 0.604. The molecule has 0 saturated carbocycles. The molecule has 0 spiro atoms. The molecule has 32 heavy (non-hydrogen) atoms. The SMILES string of the molecule is CCOc1ccc(S(=O)(=O)N2CCN(C(=O)N[C@@H](C)c3nnc4ccccn34)CC2)cc1. The summed E-state index contributed by atoms with van der Waals surface area (Å²) in [6.45, 7) is 5.28. The summed E-state index contributed by atoms with van der Waals surface area (Å²) in [4.78, 5) is 14.6. The van der Waals surface area contributed by atoms with Crippen LogP contribution in [-0.4, -0.2) is 71.0 Å². The topological polar surface area (TPSA) is 109 Å². The number of carbonyl (C=O) groups is 1. The predicted octanol–water partition coefficient (Wildman–Crippen LogP) is 1.91. The summed E-state index contributed by atoms with van der Waals surface area (Å²) in [5, 5.41) is 11.2. The van der Waals surface area contributed by atoms with Gasteiger partial charge in [0.2, 0.25) is 10.0 Å². The van der Waals surface area contributed by atoms with Crippen LogP contribution in [0.1, 0.15) is 25.7 Å². The highest BCUT2D eigenvalue weighted by atomic mass is 32.2. The first kappa shape index (κ1) is 22.0. The molecule has 0 radical (unpaired) electrons. The van der Waals surface area contributed by atoms with Crippen LogP contribution in [0.2, 0.25) is 0 Å². The Kier molecular flexibility index (Phi) is 6.28. The summed E-state index contributed by atoms with van der Waals surface area (Å²) in [7, 11) is -3.63. The van der Waals surface area contributed by atoms with Gasteiger partial charge in [-0.3, -0.25) is 4.40 Å². The van der Waals surface area contributed by atoms with Crippen LogP contribution < -0.4 is 10.1 Å². The van der Waals surface area contributed by atoms with E-state index in [1.807, 2.05) is 42.6 Å². The van der Waals surface area contributed by atoms with Crippen LogP contribution in [0.3, 0.4) is 0 Å². The number of aromatic nitrogens is 3. The summed E-state index contributed by atoms with van der Waals surface area (Å²) in [5.74, 6) is 1.26. The molecule has 4 rings (SSSR count). The van der Waals surface area contributed by atoms with Crippen molar-refractivity contribution in [2.24, 2.45) is 0 Å². The van der Waals surface area contributed by atoms with Crippen LogP contribution in [0, 0.1) is 0 Å². The van der Waals surface area contributed by atoms with Gasteiger partial charge in [-0.1, -0.05) is 6.07 Å². The minimum Gasteiger partial charge on any atom is -0.494 e. The van der Waals surface area contributed by atoms with Crippen molar-refractivity contribution in [3.63, 3.8) is 0 Å². The number of sulfonamides is 1. The lowest BCUT2D eigenvalue weighted by molar-refractivity contribution is 0.169. The zero-order valence-electron chi connectivity index (χ0n) is 18.0. The first-order chi connectivity index (χ1) is 15.4. The first-order valence-corrected chi connectivity index (χ1v) is 11.9. The van der Waals surface area contributed by atoms with Crippen molar-refractivity contribution in [2.75, 3.05) is 32.8 Å². The number of nitrogens with one attached hydrogen (secondary N) is 1. The molecular formula is C21H26N6O4S. The Labute approximate surface area is 186 Å². The third-order valence-electron chi connectivity index (χ3n) is 5.37. The van der Waals surface area contributed by atoms with Crippen molar-refractivity contribution in [3.05, 3.63) is 54.5 Å². The molecular weight excluding hydrogens is 432 g/mol. The molecule has 3 aromatic rings. The van der Waals surface area contributed by atoms with Gasteiger partial charge in [-0.05, 0) is 50.2 Å². The largest absolute Gasteiger partial charge is 0.494 e. The Bertz CT molecular complexity index is 1190. The first-order valence-electron chi connectivity index (χ1n) is 10.5. The van der Waals surface area contributed by atoms with Gasteiger partial charge in [0, 0.05) is 32.4 Å². The molecule has 1 aliphatic heterocycles. The molecule has 11 heteroatoms. The molecule has 1 N–H and O–H groups in total. The minimum absolute atomic E-state index is 0.214. The number of amides is 2. The van der Waals surface area contributed by atoms with Crippen molar-refractivity contribution in [1.82, 2.24) is 29.1 Å². The Hall–Kier alpha value is -3.18. The monoisotopic (exact) mass is 458 g/mol. The number of piperazine rings is 1. The van der Waals surface area contributed by atoms with E-state index in [9.17, 15) is 13.2 Å². The zero-order chi connectivity index (χ0) is 22.7. The van der Waals surface area contributed by atoms with Crippen LogP contribution in [0.4, 0.5) is 4.79 Å². The normalized spacial score (nSPS) is 16.1. The van der Waals surface area contributed by atoms with Gasteiger partial charge in [0.15, 0.2) is 11.5 Å².